The molecular formula is C13H16F3NO5. The smallest absolute Gasteiger partial charge is 0.430 e. The van der Waals surface area contributed by atoms with E-state index in [9.17, 15) is 18.0 Å². The summed E-state index contributed by atoms with van der Waals surface area (Å²) in [5, 5.41) is 17.9. The Morgan fingerprint density at radius 1 is 1.32 bits per heavy atom. The molecule has 0 spiro atoms. The molecule has 0 saturated heterocycles. The fourth-order valence-electron chi connectivity index (χ4n) is 1.03. The largest absolute Gasteiger partial charge is 0.542 e. The van der Waals surface area contributed by atoms with Crippen LogP contribution in [0, 0.1) is 0 Å². The van der Waals surface area contributed by atoms with Gasteiger partial charge in [-0.3, -0.25) is 0 Å². The lowest BCUT2D eigenvalue weighted by molar-refractivity contribution is -0.424. The van der Waals surface area contributed by atoms with Crippen molar-refractivity contribution in [3.8, 4) is 0 Å². The maximum absolute atomic E-state index is 11.3. The van der Waals surface area contributed by atoms with Crippen molar-refractivity contribution in [2.45, 2.75) is 31.9 Å². The quantitative estimate of drug-likeness (QED) is 0.691. The average molecular weight is 323 g/mol. The van der Waals surface area contributed by atoms with Crippen LogP contribution in [-0.2, 0) is 20.9 Å². The number of carboxylic acid groups (broad SMARTS) is 1. The van der Waals surface area contributed by atoms with Crippen LogP contribution in [-0.4, -0.2) is 35.4 Å². The number of alkyl halides is 3. The number of ether oxygens (including phenoxy) is 1. The van der Waals surface area contributed by atoms with Gasteiger partial charge in [0.05, 0.1) is 0 Å². The topological polar surface area (TPSA) is 114 Å². The Labute approximate surface area is 124 Å². The lowest BCUT2D eigenvalue weighted by atomic mass is 10.2. The van der Waals surface area contributed by atoms with Crippen LogP contribution in [0.1, 0.15) is 12.5 Å². The number of carbonyl (C=O) groups is 2. The van der Waals surface area contributed by atoms with Gasteiger partial charge in [0, 0.05) is 0 Å². The number of aliphatic hydroxyl groups is 1. The Balaban J connectivity index is 0.000000534. The van der Waals surface area contributed by atoms with Crippen molar-refractivity contribution < 1.29 is 43.4 Å². The molecule has 22 heavy (non-hydrogen) atoms. The maximum Gasteiger partial charge on any atom is 0.430 e. The van der Waals surface area contributed by atoms with E-state index in [-0.39, 0.29) is 6.61 Å². The minimum atomic E-state index is -5.19. The van der Waals surface area contributed by atoms with Crippen LogP contribution in [0.5, 0.6) is 0 Å². The summed E-state index contributed by atoms with van der Waals surface area (Å²) in [5.41, 5.74) is 4.45. The second-order valence-electron chi connectivity index (χ2n) is 4.23. The van der Waals surface area contributed by atoms with E-state index in [1.807, 2.05) is 30.3 Å². The van der Waals surface area contributed by atoms with Gasteiger partial charge in [-0.15, -0.1) is 0 Å². The first-order chi connectivity index (χ1) is 10.1. The molecule has 0 aliphatic heterocycles. The number of halogens is 3. The highest BCUT2D eigenvalue weighted by Crippen LogP contribution is 2.11. The third kappa shape index (κ3) is 8.22. The lowest BCUT2D eigenvalue weighted by Crippen LogP contribution is -2.69. The standard InChI is InChI=1S/C11H15NO3.C2HF3O2/c1-8(13)10(12)11(14)15-7-9-5-3-2-4-6-9;3-2(4,5)1(6)7/h2-6,8,10,13H,7,12H2,1H3;(H,6,7)/t8-,10-;/m0./s1. The predicted octanol–water partition coefficient (Wildman–Crippen LogP) is -0.980. The van der Waals surface area contributed by atoms with Gasteiger partial charge in [0.15, 0.2) is 0 Å². The van der Waals surface area contributed by atoms with Gasteiger partial charge in [-0.1, -0.05) is 30.3 Å². The zero-order valence-electron chi connectivity index (χ0n) is 11.7. The van der Waals surface area contributed by atoms with Crippen LogP contribution < -0.4 is 10.8 Å². The number of rotatable bonds is 4. The molecular weight excluding hydrogens is 307 g/mol. The molecule has 124 valence electrons. The second kappa shape index (κ2) is 9.00. The number of benzene rings is 1. The van der Waals surface area contributed by atoms with Crippen LogP contribution >= 0.6 is 0 Å². The first-order valence-electron chi connectivity index (χ1n) is 6.05. The van der Waals surface area contributed by atoms with E-state index in [2.05, 4.69) is 5.73 Å². The molecule has 0 aliphatic carbocycles. The molecule has 0 amide bonds. The number of hydrogen-bond donors (Lipinski definition) is 2. The third-order valence-electron chi connectivity index (χ3n) is 2.34. The normalized spacial score (nSPS) is 13.4. The highest BCUT2D eigenvalue weighted by atomic mass is 19.4. The number of aliphatic hydroxyl groups excluding tert-OH is 1. The predicted molar refractivity (Wildman–Crippen MR) is 65.7 cm³/mol. The second-order valence-corrected chi connectivity index (χ2v) is 4.23. The van der Waals surface area contributed by atoms with Gasteiger partial charge in [-0.05, 0) is 12.5 Å². The number of carbonyl (C=O) groups excluding carboxylic acids is 2. The van der Waals surface area contributed by atoms with Crippen molar-refractivity contribution in [1.82, 2.24) is 0 Å². The van der Waals surface area contributed by atoms with Gasteiger partial charge in [0.2, 0.25) is 6.04 Å². The Morgan fingerprint density at radius 2 is 1.77 bits per heavy atom. The van der Waals surface area contributed by atoms with Gasteiger partial charge in [0.25, 0.3) is 0 Å². The van der Waals surface area contributed by atoms with Crippen molar-refractivity contribution in [3.63, 3.8) is 0 Å². The molecule has 1 aromatic carbocycles. The highest BCUT2D eigenvalue weighted by Gasteiger charge is 2.28. The molecule has 0 aliphatic rings. The van der Waals surface area contributed by atoms with E-state index in [4.69, 9.17) is 19.7 Å². The van der Waals surface area contributed by atoms with Crippen LogP contribution in [0.15, 0.2) is 30.3 Å². The Kier molecular flexibility index (Phi) is 8.13. The number of aliphatic carboxylic acids is 1. The van der Waals surface area contributed by atoms with Gasteiger partial charge in [0.1, 0.15) is 18.7 Å². The van der Waals surface area contributed by atoms with Crippen LogP contribution in [0.4, 0.5) is 13.2 Å². The van der Waals surface area contributed by atoms with Crippen LogP contribution in [0.25, 0.3) is 0 Å². The first-order valence-corrected chi connectivity index (χ1v) is 6.05. The maximum atomic E-state index is 11.3. The summed E-state index contributed by atoms with van der Waals surface area (Å²) in [6.07, 6.45) is -5.98. The minimum absolute atomic E-state index is 0.221. The van der Waals surface area contributed by atoms with E-state index in [0.29, 0.717) is 0 Å². The summed E-state index contributed by atoms with van der Waals surface area (Å²) in [5.74, 6) is -3.48. The summed E-state index contributed by atoms with van der Waals surface area (Å²) >= 11 is 0. The summed E-state index contributed by atoms with van der Waals surface area (Å²) in [6, 6.07) is 8.65. The highest BCUT2D eigenvalue weighted by molar-refractivity contribution is 5.74. The Hall–Kier alpha value is -2.13. The molecule has 1 aromatic rings. The summed E-state index contributed by atoms with van der Waals surface area (Å²) < 4.78 is 36.5. The number of carboxylic acids is 1. The Bertz CT molecular complexity index is 476. The number of hydrogen-bond acceptors (Lipinski definition) is 5. The average Bonchev–Trinajstić information content (AvgIpc) is 2.44. The molecule has 1 rings (SSSR count). The molecule has 0 aromatic heterocycles. The molecule has 0 saturated carbocycles. The fraction of sp³-hybridized carbons (Fsp3) is 0.385. The van der Waals surface area contributed by atoms with E-state index in [0.717, 1.165) is 5.56 Å². The molecule has 4 N–H and O–H groups in total. The summed E-state index contributed by atoms with van der Waals surface area (Å²) in [6.45, 7) is 1.74. The zero-order chi connectivity index (χ0) is 17.3. The van der Waals surface area contributed by atoms with Crippen molar-refractivity contribution >= 4 is 11.9 Å². The van der Waals surface area contributed by atoms with Gasteiger partial charge < -0.3 is 25.5 Å². The SMILES string of the molecule is C[C@H](O)[C@H]([NH3+])C(=O)OCc1ccccc1.O=C([O-])C(F)(F)F. The van der Waals surface area contributed by atoms with Crippen molar-refractivity contribution in [3.05, 3.63) is 35.9 Å². The van der Waals surface area contributed by atoms with Crippen molar-refractivity contribution in [2.75, 3.05) is 0 Å². The lowest BCUT2D eigenvalue weighted by Gasteiger charge is -2.10. The van der Waals surface area contributed by atoms with E-state index in [1.165, 1.54) is 6.92 Å². The third-order valence-corrected chi connectivity index (χ3v) is 2.34. The summed E-state index contributed by atoms with van der Waals surface area (Å²) in [7, 11) is 0. The van der Waals surface area contributed by atoms with Crippen LogP contribution in [0.2, 0.25) is 0 Å². The van der Waals surface area contributed by atoms with Gasteiger partial charge in [-0.2, -0.15) is 13.2 Å². The molecule has 0 fully saturated rings. The molecule has 0 unspecified atom stereocenters. The first kappa shape index (κ1) is 19.9. The molecule has 0 radical (unpaired) electrons. The van der Waals surface area contributed by atoms with Gasteiger partial charge in [-0.25, -0.2) is 4.79 Å². The van der Waals surface area contributed by atoms with Crippen molar-refractivity contribution in [1.29, 1.82) is 0 Å². The van der Waals surface area contributed by atoms with Gasteiger partial charge >= 0.3 is 12.1 Å². The minimum Gasteiger partial charge on any atom is -0.542 e. The number of esters is 1. The Morgan fingerprint density at radius 3 is 2.14 bits per heavy atom. The fourth-order valence-corrected chi connectivity index (χ4v) is 1.03. The molecule has 9 heteroatoms. The molecule has 0 bridgehead atoms. The summed E-state index contributed by atoms with van der Waals surface area (Å²) in [4.78, 5) is 20.1. The zero-order valence-corrected chi connectivity index (χ0v) is 11.7. The van der Waals surface area contributed by atoms with Crippen molar-refractivity contribution in [2.24, 2.45) is 0 Å². The van der Waals surface area contributed by atoms with E-state index >= 15 is 0 Å². The number of quaternary nitrogens is 1. The van der Waals surface area contributed by atoms with E-state index in [1.54, 1.807) is 0 Å². The molecule has 6 nitrogen and oxygen atoms in total. The van der Waals surface area contributed by atoms with Crippen LogP contribution in [0.3, 0.4) is 0 Å². The van der Waals surface area contributed by atoms with E-state index < -0.39 is 30.3 Å². The monoisotopic (exact) mass is 323 g/mol. The molecule has 2 atom stereocenters. The molecule has 0 heterocycles.